The molecular formula is C20H19F2N5O. The van der Waals surface area contributed by atoms with Gasteiger partial charge in [-0.15, -0.1) is 10.2 Å². The second-order valence-corrected chi connectivity index (χ2v) is 6.97. The topological polar surface area (TPSA) is 93.8 Å². The molecule has 0 bridgehead atoms. The van der Waals surface area contributed by atoms with E-state index in [0.29, 0.717) is 23.8 Å². The van der Waals surface area contributed by atoms with Crippen molar-refractivity contribution in [2.45, 2.75) is 19.3 Å². The Morgan fingerprint density at radius 1 is 1.11 bits per heavy atom. The van der Waals surface area contributed by atoms with Crippen LogP contribution in [0.2, 0.25) is 0 Å². The van der Waals surface area contributed by atoms with Crippen molar-refractivity contribution in [2.24, 2.45) is 5.73 Å². The van der Waals surface area contributed by atoms with Gasteiger partial charge < -0.3 is 11.1 Å². The van der Waals surface area contributed by atoms with Gasteiger partial charge in [0.05, 0.1) is 11.8 Å². The van der Waals surface area contributed by atoms with Gasteiger partial charge in [0.1, 0.15) is 17.3 Å². The van der Waals surface area contributed by atoms with Crippen LogP contribution in [0, 0.1) is 11.6 Å². The van der Waals surface area contributed by atoms with E-state index in [2.05, 4.69) is 20.5 Å². The van der Waals surface area contributed by atoms with Crippen molar-refractivity contribution in [3.05, 3.63) is 71.4 Å². The summed E-state index contributed by atoms with van der Waals surface area (Å²) in [5, 5.41) is 11.2. The van der Waals surface area contributed by atoms with Gasteiger partial charge in [-0.1, -0.05) is 26.0 Å². The van der Waals surface area contributed by atoms with E-state index in [9.17, 15) is 13.6 Å². The van der Waals surface area contributed by atoms with Crippen molar-refractivity contribution in [1.29, 1.82) is 0 Å². The predicted molar refractivity (Wildman–Crippen MR) is 102 cm³/mol. The smallest absolute Gasteiger partial charge is 0.251 e. The minimum atomic E-state index is -0.860. The summed E-state index contributed by atoms with van der Waals surface area (Å²) in [6.45, 7) is 4.53. The second kappa shape index (κ2) is 7.67. The molecule has 1 amide bonds. The molecule has 28 heavy (non-hydrogen) atoms. The Kier molecular flexibility index (Phi) is 5.30. The SMILES string of the molecule is CC(C)(CNc1ncc(-c2ccc(F)c(C(N)=O)c2)nn1)c1ccc(F)cc1. The Morgan fingerprint density at radius 3 is 2.43 bits per heavy atom. The van der Waals surface area contributed by atoms with Crippen LogP contribution in [0.3, 0.4) is 0 Å². The molecule has 144 valence electrons. The van der Waals surface area contributed by atoms with Crippen LogP contribution in [0.25, 0.3) is 11.3 Å². The lowest BCUT2D eigenvalue weighted by Crippen LogP contribution is -2.28. The predicted octanol–water partition coefficient (Wildman–Crippen LogP) is 3.31. The van der Waals surface area contributed by atoms with Crippen LogP contribution in [0.1, 0.15) is 29.8 Å². The highest BCUT2D eigenvalue weighted by atomic mass is 19.1. The maximum absolute atomic E-state index is 13.6. The van der Waals surface area contributed by atoms with Crippen molar-refractivity contribution >= 4 is 11.9 Å². The number of anilines is 1. The lowest BCUT2D eigenvalue weighted by Gasteiger charge is -2.25. The molecule has 6 nitrogen and oxygen atoms in total. The number of primary amides is 1. The van der Waals surface area contributed by atoms with Crippen molar-refractivity contribution in [1.82, 2.24) is 15.2 Å². The summed E-state index contributed by atoms with van der Waals surface area (Å²) < 4.78 is 26.7. The number of aromatic nitrogens is 3. The average molecular weight is 383 g/mol. The van der Waals surface area contributed by atoms with Gasteiger partial charge in [0.15, 0.2) is 0 Å². The van der Waals surface area contributed by atoms with Crippen LogP contribution in [0.4, 0.5) is 14.7 Å². The highest BCUT2D eigenvalue weighted by Gasteiger charge is 2.21. The Balaban J connectivity index is 1.72. The van der Waals surface area contributed by atoms with Crippen LogP contribution in [0.15, 0.2) is 48.7 Å². The third kappa shape index (κ3) is 4.28. The molecule has 3 N–H and O–H groups in total. The Bertz CT molecular complexity index is 988. The van der Waals surface area contributed by atoms with E-state index in [0.717, 1.165) is 11.6 Å². The molecule has 3 aromatic rings. The van der Waals surface area contributed by atoms with E-state index in [1.165, 1.54) is 30.5 Å². The quantitative estimate of drug-likeness (QED) is 0.681. The van der Waals surface area contributed by atoms with Crippen LogP contribution < -0.4 is 11.1 Å². The number of carbonyl (C=O) groups excluding carboxylic acids is 1. The Labute approximate surface area is 160 Å². The fourth-order valence-corrected chi connectivity index (χ4v) is 2.67. The lowest BCUT2D eigenvalue weighted by atomic mass is 9.84. The number of nitrogens with one attached hydrogen (secondary N) is 1. The molecule has 0 aliphatic heterocycles. The molecule has 0 atom stereocenters. The van der Waals surface area contributed by atoms with E-state index in [-0.39, 0.29) is 16.8 Å². The molecular weight excluding hydrogens is 364 g/mol. The summed E-state index contributed by atoms with van der Waals surface area (Å²) in [5.41, 5.74) is 6.48. The number of nitrogens with two attached hydrogens (primary N) is 1. The molecule has 8 heteroatoms. The molecule has 0 radical (unpaired) electrons. The van der Waals surface area contributed by atoms with Gasteiger partial charge in [0, 0.05) is 17.5 Å². The largest absolute Gasteiger partial charge is 0.366 e. The van der Waals surface area contributed by atoms with E-state index >= 15 is 0 Å². The van der Waals surface area contributed by atoms with Gasteiger partial charge in [-0.3, -0.25) is 4.79 Å². The first-order valence-electron chi connectivity index (χ1n) is 8.55. The molecule has 0 aliphatic carbocycles. The van der Waals surface area contributed by atoms with Gasteiger partial charge in [-0.25, -0.2) is 13.8 Å². The van der Waals surface area contributed by atoms with Crippen LogP contribution in [-0.4, -0.2) is 27.6 Å². The van der Waals surface area contributed by atoms with Gasteiger partial charge in [0.25, 0.3) is 5.91 Å². The zero-order valence-electron chi connectivity index (χ0n) is 15.4. The number of hydrogen-bond donors (Lipinski definition) is 2. The van der Waals surface area contributed by atoms with E-state index in [4.69, 9.17) is 5.73 Å². The number of nitrogens with zero attached hydrogens (tertiary/aromatic N) is 3. The number of benzene rings is 2. The number of amides is 1. The third-order valence-corrected chi connectivity index (χ3v) is 4.40. The zero-order chi connectivity index (χ0) is 20.3. The van der Waals surface area contributed by atoms with Crippen LogP contribution >= 0.6 is 0 Å². The highest BCUT2D eigenvalue weighted by Crippen LogP contribution is 2.24. The standard InChI is InChI=1S/C20H19F2N5O/c1-20(2,13-4-6-14(21)7-5-13)11-25-19-24-10-17(26-27-19)12-3-8-16(22)15(9-12)18(23)28/h3-10H,11H2,1-2H3,(H2,23,28)(H,24,25,27). The number of hydrogen-bond acceptors (Lipinski definition) is 5. The van der Waals surface area contributed by atoms with Gasteiger partial charge in [-0.05, 0) is 35.9 Å². The first-order valence-corrected chi connectivity index (χ1v) is 8.55. The third-order valence-electron chi connectivity index (χ3n) is 4.40. The number of carbonyl (C=O) groups is 1. The zero-order valence-corrected chi connectivity index (χ0v) is 15.4. The molecule has 3 rings (SSSR count). The molecule has 2 aromatic carbocycles. The monoisotopic (exact) mass is 383 g/mol. The second-order valence-electron chi connectivity index (χ2n) is 6.97. The molecule has 0 aliphatic rings. The fraction of sp³-hybridized carbons (Fsp3) is 0.200. The molecule has 0 saturated heterocycles. The lowest BCUT2D eigenvalue weighted by molar-refractivity contribution is 0.0996. The normalized spacial score (nSPS) is 11.3. The fourth-order valence-electron chi connectivity index (χ4n) is 2.67. The van der Waals surface area contributed by atoms with Gasteiger partial charge >= 0.3 is 0 Å². The minimum Gasteiger partial charge on any atom is -0.366 e. The minimum absolute atomic E-state index is 0.220. The van der Waals surface area contributed by atoms with E-state index < -0.39 is 11.7 Å². The average Bonchev–Trinajstić information content (AvgIpc) is 2.67. The molecule has 0 saturated carbocycles. The van der Waals surface area contributed by atoms with Crippen molar-refractivity contribution < 1.29 is 13.6 Å². The first kappa shape index (κ1) is 19.3. The summed E-state index contributed by atoms with van der Waals surface area (Å²) in [6.07, 6.45) is 1.47. The maximum atomic E-state index is 13.6. The summed E-state index contributed by atoms with van der Waals surface area (Å²) in [5.74, 6) is -1.52. The highest BCUT2D eigenvalue weighted by molar-refractivity contribution is 5.94. The van der Waals surface area contributed by atoms with Crippen molar-refractivity contribution in [2.75, 3.05) is 11.9 Å². The summed E-state index contributed by atoms with van der Waals surface area (Å²) in [4.78, 5) is 15.5. The Hall–Kier alpha value is -3.42. The van der Waals surface area contributed by atoms with Gasteiger partial charge in [0.2, 0.25) is 5.95 Å². The number of rotatable bonds is 6. The molecule has 0 spiro atoms. The molecule has 1 aromatic heterocycles. The van der Waals surface area contributed by atoms with Crippen molar-refractivity contribution in [3.8, 4) is 11.3 Å². The van der Waals surface area contributed by atoms with Crippen LogP contribution in [0.5, 0.6) is 0 Å². The Morgan fingerprint density at radius 2 is 1.82 bits per heavy atom. The molecule has 0 unspecified atom stereocenters. The van der Waals surface area contributed by atoms with E-state index in [1.807, 2.05) is 13.8 Å². The van der Waals surface area contributed by atoms with Crippen LogP contribution in [-0.2, 0) is 5.41 Å². The van der Waals surface area contributed by atoms with Gasteiger partial charge in [-0.2, -0.15) is 0 Å². The summed E-state index contributed by atoms with van der Waals surface area (Å²) in [6, 6.07) is 10.3. The molecule has 1 heterocycles. The van der Waals surface area contributed by atoms with E-state index in [1.54, 1.807) is 12.1 Å². The maximum Gasteiger partial charge on any atom is 0.251 e. The summed E-state index contributed by atoms with van der Waals surface area (Å²) in [7, 11) is 0. The number of halogens is 2. The summed E-state index contributed by atoms with van der Waals surface area (Å²) >= 11 is 0. The first-order chi connectivity index (χ1) is 13.3. The molecule has 0 fully saturated rings. The van der Waals surface area contributed by atoms with Crippen molar-refractivity contribution in [3.63, 3.8) is 0 Å².